The van der Waals surface area contributed by atoms with E-state index in [1.807, 2.05) is 53.1 Å². The Hall–Kier alpha value is -5.20. The highest BCUT2D eigenvalue weighted by Crippen LogP contribution is 2.43. The van der Waals surface area contributed by atoms with Gasteiger partial charge in [0.15, 0.2) is 0 Å². The Bertz CT molecular complexity index is 1760. The molecule has 0 bridgehead atoms. The van der Waals surface area contributed by atoms with Crippen LogP contribution in [0.25, 0.3) is 38.0 Å². The van der Waals surface area contributed by atoms with Crippen LogP contribution in [0.3, 0.4) is 0 Å². The average molecular weight is 588 g/mol. The summed E-state index contributed by atoms with van der Waals surface area (Å²) in [7, 11) is 0. The number of hydrogen-bond donors (Lipinski definition) is 0. The number of allylic oxidation sites excluding steroid dienone is 4. The molecule has 3 aromatic heterocycles. The van der Waals surface area contributed by atoms with Gasteiger partial charge in [-0.3, -0.25) is 0 Å². The molecule has 0 aliphatic heterocycles. The summed E-state index contributed by atoms with van der Waals surface area (Å²) in [5, 5.41) is 60.8. The van der Waals surface area contributed by atoms with Crippen LogP contribution in [0.5, 0.6) is 0 Å². The maximum Gasteiger partial charge on any atom is 0.148 e. The molecule has 38 heavy (non-hydrogen) atoms. The molecule has 0 atom stereocenters. The van der Waals surface area contributed by atoms with E-state index < -0.39 is 0 Å². The summed E-state index contributed by atoms with van der Waals surface area (Å²) in [5.41, 5.74) is 2.42. The molecule has 1 aromatic carbocycles. The second-order valence-electron chi connectivity index (χ2n) is 7.39. The third-order valence-corrected chi connectivity index (χ3v) is 8.02. The number of nitrogens with zero attached hydrogens (tertiary/aromatic N) is 7. The van der Waals surface area contributed by atoms with Crippen LogP contribution in [-0.4, -0.2) is 4.57 Å². The van der Waals surface area contributed by atoms with Gasteiger partial charge in [0.05, 0.1) is 38.0 Å². The van der Waals surface area contributed by atoms with Gasteiger partial charge in [-0.05, 0) is 63.1 Å². The third-order valence-electron chi connectivity index (χ3n) is 5.48. The van der Waals surface area contributed by atoms with E-state index in [4.69, 9.17) is 0 Å². The van der Waals surface area contributed by atoms with Crippen molar-refractivity contribution in [3.05, 3.63) is 86.0 Å². The molecule has 0 saturated carbocycles. The number of hydrogen-bond acceptors (Lipinski definition) is 8. The highest BCUT2D eigenvalue weighted by atomic mass is 79.9. The van der Waals surface area contributed by atoms with Crippen molar-refractivity contribution in [3.8, 4) is 63.2 Å². The third kappa shape index (κ3) is 4.40. The van der Waals surface area contributed by atoms with Crippen LogP contribution in [-0.2, 0) is 0 Å². The molecular weight excluding hydrogens is 578 g/mol. The number of aromatic nitrogens is 1. The molecule has 176 valence electrons. The van der Waals surface area contributed by atoms with Crippen molar-refractivity contribution in [2.45, 2.75) is 0 Å². The summed E-state index contributed by atoms with van der Waals surface area (Å²) >= 11 is 6.32. The van der Waals surface area contributed by atoms with Crippen LogP contribution in [0.1, 0.15) is 11.1 Å². The SMILES string of the molecule is N#CC(C#N)=C(C#N)c1ccsc1-c1ccc(-c2sccc2C(C#N)=C(C#N)C#N)n1-c1ccccc1Br. The zero-order valence-corrected chi connectivity index (χ0v) is 22.3. The Balaban J connectivity index is 2.09. The van der Waals surface area contributed by atoms with E-state index in [1.165, 1.54) is 22.7 Å². The zero-order chi connectivity index (χ0) is 27.2. The van der Waals surface area contributed by atoms with Gasteiger partial charge in [-0.15, -0.1) is 22.7 Å². The molecule has 4 aromatic rings. The van der Waals surface area contributed by atoms with Crippen molar-refractivity contribution in [3.63, 3.8) is 0 Å². The summed E-state index contributed by atoms with van der Waals surface area (Å²) in [5.74, 6) is 0. The molecule has 0 aliphatic rings. The maximum atomic E-state index is 9.80. The lowest BCUT2D eigenvalue weighted by atomic mass is 10.0. The van der Waals surface area contributed by atoms with E-state index in [-0.39, 0.29) is 22.3 Å². The van der Waals surface area contributed by atoms with Gasteiger partial charge < -0.3 is 4.57 Å². The first kappa shape index (κ1) is 25.9. The van der Waals surface area contributed by atoms with Crippen molar-refractivity contribution in [1.29, 1.82) is 31.6 Å². The van der Waals surface area contributed by atoms with Gasteiger partial charge in [0.25, 0.3) is 0 Å². The Labute approximate surface area is 234 Å². The molecule has 0 aliphatic carbocycles. The molecular formula is C28H10BrN7S2. The Morgan fingerprint density at radius 1 is 0.605 bits per heavy atom. The normalized spacial score (nSPS) is 9.55. The molecule has 0 saturated heterocycles. The number of rotatable bonds is 5. The first-order chi connectivity index (χ1) is 18.5. The number of para-hydroxylation sites is 1. The van der Waals surface area contributed by atoms with Crippen molar-refractivity contribution >= 4 is 49.7 Å². The Morgan fingerprint density at radius 3 is 1.45 bits per heavy atom. The lowest BCUT2D eigenvalue weighted by Gasteiger charge is -2.16. The number of halogens is 1. The first-order valence-corrected chi connectivity index (χ1v) is 13.1. The van der Waals surface area contributed by atoms with Crippen LogP contribution in [0, 0.1) is 68.0 Å². The molecule has 3 heterocycles. The van der Waals surface area contributed by atoms with E-state index in [1.54, 1.807) is 47.2 Å². The number of benzene rings is 1. The number of nitriles is 6. The molecule has 0 unspecified atom stereocenters. The monoisotopic (exact) mass is 587 g/mol. The fourth-order valence-electron chi connectivity index (χ4n) is 3.87. The smallest absolute Gasteiger partial charge is 0.148 e. The van der Waals surface area contributed by atoms with Crippen molar-refractivity contribution in [1.82, 2.24) is 4.57 Å². The van der Waals surface area contributed by atoms with Crippen molar-refractivity contribution in [2.75, 3.05) is 0 Å². The minimum atomic E-state index is -0.281. The molecule has 0 radical (unpaired) electrons. The lowest BCUT2D eigenvalue weighted by Crippen LogP contribution is -2.01. The van der Waals surface area contributed by atoms with Crippen molar-refractivity contribution < 1.29 is 0 Å². The van der Waals surface area contributed by atoms with E-state index >= 15 is 0 Å². The van der Waals surface area contributed by atoms with Gasteiger partial charge in [0.2, 0.25) is 0 Å². The first-order valence-electron chi connectivity index (χ1n) is 10.6. The molecule has 4 rings (SSSR count). The highest BCUT2D eigenvalue weighted by molar-refractivity contribution is 9.10. The van der Waals surface area contributed by atoms with Gasteiger partial charge in [0, 0.05) is 15.6 Å². The highest BCUT2D eigenvalue weighted by Gasteiger charge is 2.24. The molecule has 0 spiro atoms. The molecule has 10 heteroatoms. The molecule has 0 N–H and O–H groups in total. The topological polar surface area (TPSA) is 148 Å². The van der Waals surface area contributed by atoms with Gasteiger partial charge in [-0.1, -0.05) is 12.1 Å². The average Bonchev–Trinajstić information content (AvgIpc) is 3.69. The standard InChI is InChI=1S/C28H10BrN7S2/c29-23-3-1-2-4-24(23)36-25(27-19(7-9-37-27)21(15-34)17(11-30)12-31)5-6-26(36)28-20(8-10-38-28)22(16-35)18(13-32)14-33/h1-10H. The Kier molecular flexibility index (Phi) is 7.66. The fraction of sp³-hybridized carbons (Fsp3) is 0. The van der Waals surface area contributed by atoms with Gasteiger partial charge in [-0.25, -0.2) is 0 Å². The minimum absolute atomic E-state index is 0.0214. The van der Waals surface area contributed by atoms with E-state index in [2.05, 4.69) is 15.9 Å². The zero-order valence-electron chi connectivity index (χ0n) is 19.1. The summed E-state index contributed by atoms with van der Waals surface area (Å²) in [6, 6.07) is 25.8. The van der Waals surface area contributed by atoms with Crippen LogP contribution in [0.2, 0.25) is 0 Å². The quantitative estimate of drug-likeness (QED) is 0.223. The lowest BCUT2D eigenvalue weighted by molar-refractivity contribution is 1.09. The molecule has 7 nitrogen and oxygen atoms in total. The summed E-state index contributed by atoms with van der Waals surface area (Å²) < 4.78 is 2.71. The van der Waals surface area contributed by atoms with Crippen molar-refractivity contribution in [2.24, 2.45) is 0 Å². The van der Waals surface area contributed by atoms with Gasteiger partial charge in [0.1, 0.15) is 47.6 Å². The predicted molar refractivity (Wildman–Crippen MR) is 148 cm³/mol. The largest absolute Gasteiger partial charge is 0.306 e. The predicted octanol–water partition coefficient (Wildman–Crippen LogP) is 7.35. The minimum Gasteiger partial charge on any atom is -0.306 e. The van der Waals surface area contributed by atoms with E-state index in [0.29, 0.717) is 32.3 Å². The molecule has 0 fully saturated rings. The Morgan fingerprint density at radius 2 is 1.05 bits per heavy atom. The van der Waals surface area contributed by atoms with Crippen LogP contribution in [0.4, 0.5) is 0 Å². The molecule has 0 amide bonds. The van der Waals surface area contributed by atoms with Crippen LogP contribution >= 0.6 is 38.6 Å². The maximum absolute atomic E-state index is 9.80. The number of thiophene rings is 2. The van der Waals surface area contributed by atoms with Crippen LogP contribution in [0.15, 0.2) is 74.9 Å². The summed E-state index contributed by atoms with van der Waals surface area (Å²) in [6.07, 6.45) is 0. The van der Waals surface area contributed by atoms with E-state index in [0.717, 1.165) is 10.2 Å². The second kappa shape index (κ2) is 11.2. The van der Waals surface area contributed by atoms with Gasteiger partial charge >= 0.3 is 0 Å². The van der Waals surface area contributed by atoms with Gasteiger partial charge in [-0.2, -0.15) is 31.6 Å². The summed E-state index contributed by atoms with van der Waals surface area (Å²) in [6.45, 7) is 0. The van der Waals surface area contributed by atoms with E-state index in [9.17, 15) is 31.6 Å². The second-order valence-corrected chi connectivity index (χ2v) is 10.1. The fourth-order valence-corrected chi connectivity index (χ4v) is 6.16. The summed E-state index contributed by atoms with van der Waals surface area (Å²) in [4.78, 5) is 1.32. The van der Waals surface area contributed by atoms with Crippen LogP contribution < -0.4 is 0 Å².